The zero-order chi connectivity index (χ0) is 14.5. The Balaban J connectivity index is 1.89. The molecule has 0 saturated heterocycles. The van der Waals surface area contributed by atoms with Crippen LogP contribution in [0.5, 0.6) is 0 Å². The van der Waals surface area contributed by atoms with Crippen LogP contribution in [-0.4, -0.2) is 27.5 Å². The van der Waals surface area contributed by atoms with Crippen LogP contribution in [0.3, 0.4) is 0 Å². The minimum absolute atomic E-state index is 0.503. The number of nitrogens with one attached hydrogen (secondary N) is 2. The van der Waals surface area contributed by atoms with E-state index >= 15 is 0 Å². The SMILES string of the molecule is CCNc1cc(-c2cccnc2)nc(NC2CCCC2)n1. The summed E-state index contributed by atoms with van der Waals surface area (Å²) >= 11 is 0. The smallest absolute Gasteiger partial charge is 0.225 e. The van der Waals surface area contributed by atoms with Crippen molar-refractivity contribution in [1.29, 1.82) is 0 Å². The van der Waals surface area contributed by atoms with Gasteiger partial charge >= 0.3 is 0 Å². The van der Waals surface area contributed by atoms with Crippen LogP contribution in [0.4, 0.5) is 11.8 Å². The zero-order valence-corrected chi connectivity index (χ0v) is 12.3. The molecular weight excluding hydrogens is 262 g/mol. The third kappa shape index (κ3) is 3.48. The van der Waals surface area contributed by atoms with Gasteiger partial charge in [-0.15, -0.1) is 0 Å². The average Bonchev–Trinajstić information content (AvgIpc) is 3.01. The number of hydrogen-bond donors (Lipinski definition) is 2. The van der Waals surface area contributed by atoms with Crippen molar-refractivity contribution in [3.8, 4) is 11.3 Å². The molecule has 2 N–H and O–H groups in total. The molecule has 110 valence electrons. The molecular formula is C16H21N5. The molecule has 0 atom stereocenters. The molecule has 1 aliphatic carbocycles. The van der Waals surface area contributed by atoms with Gasteiger partial charge in [-0.25, -0.2) is 4.98 Å². The van der Waals surface area contributed by atoms with Crippen LogP contribution in [0.2, 0.25) is 0 Å². The molecule has 0 amide bonds. The summed E-state index contributed by atoms with van der Waals surface area (Å²) in [6.07, 6.45) is 8.60. The normalized spacial score (nSPS) is 15.1. The molecule has 3 rings (SSSR count). The van der Waals surface area contributed by atoms with E-state index in [1.165, 1.54) is 25.7 Å². The fraction of sp³-hybridized carbons (Fsp3) is 0.438. The summed E-state index contributed by atoms with van der Waals surface area (Å²) in [5, 5.41) is 6.74. The number of hydrogen-bond acceptors (Lipinski definition) is 5. The Kier molecular flexibility index (Phi) is 4.28. The van der Waals surface area contributed by atoms with Crippen molar-refractivity contribution in [1.82, 2.24) is 15.0 Å². The Morgan fingerprint density at radius 1 is 1.24 bits per heavy atom. The lowest BCUT2D eigenvalue weighted by atomic mass is 10.2. The van der Waals surface area contributed by atoms with Crippen molar-refractivity contribution in [2.24, 2.45) is 0 Å². The molecule has 1 saturated carbocycles. The van der Waals surface area contributed by atoms with E-state index in [1.54, 1.807) is 6.20 Å². The molecule has 5 nitrogen and oxygen atoms in total. The first-order valence-electron chi connectivity index (χ1n) is 7.65. The minimum Gasteiger partial charge on any atom is -0.370 e. The molecule has 0 aromatic carbocycles. The topological polar surface area (TPSA) is 62.7 Å². The van der Waals surface area contributed by atoms with Gasteiger partial charge in [-0.1, -0.05) is 12.8 Å². The van der Waals surface area contributed by atoms with Gasteiger partial charge in [0.25, 0.3) is 0 Å². The van der Waals surface area contributed by atoms with Crippen LogP contribution >= 0.6 is 0 Å². The van der Waals surface area contributed by atoms with Gasteiger partial charge in [-0.05, 0) is 31.9 Å². The molecule has 0 radical (unpaired) electrons. The number of nitrogens with zero attached hydrogens (tertiary/aromatic N) is 3. The quantitative estimate of drug-likeness (QED) is 0.881. The fourth-order valence-electron chi connectivity index (χ4n) is 2.70. The number of anilines is 2. The Morgan fingerprint density at radius 2 is 2.10 bits per heavy atom. The third-order valence-corrected chi connectivity index (χ3v) is 3.73. The second-order valence-corrected chi connectivity index (χ2v) is 5.36. The number of pyridine rings is 1. The second kappa shape index (κ2) is 6.52. The summed E-state index contributed by atoms with van der Waals surface area (Å²) < 4.78 is 0. The van der Waals surface area contributed by atoms with Crippen LogP contribution < -0.4 is 10.6 Å². The summed E-state index contributed by atoms with van der Waals surface area (Å²) in [6, 6.07) is 6.42. The van der Waals surface area contributed by atoms with Crippen LogP contribution in [0, 0.1) is 0 Å². The lowest BCUT2D eigenvalue weighted by Crippen LogP contribution is -2.17. The predicted molar refractivity (Wildman–Crippen MR) is 85.3 cm³/mol. The Morgan fingerprint density at radius 3 is 2.81 bits per heavy atom. The monoisotopic (exact) mass is 283 g/mol. The highest BCUT2D eigenvalue weighted by Gasteiger charge is 2.16. The predicted octanol–water partition coefficient (Wildman–Crippen LogP) is 3.32. The Hall–Kier alpha value is -2.17. The van der Waals surface area contributed by atoms with E-state index in [4.69, 9.17) is 0 Å². The molecule has 21 heavy (non-hydrogen) atoms. The molecule has 5 heteroatoms. The van der Waals surface area contributed by atoms with Crippen LogP contribution in [-0.2, 0) is 0 Å². The molecule has 1 fully saturated rings. The first-order chi connectivity index (χ1) is 10.3. The highest BCUT2D eigenvalue weighted by molar-refractivity contribution is 5.63. The van der Waals surface area contributed by atoms with Gasteiger partial charge in [-0.2, -0.15) is 4.98 Å². The maximum Gasteiger partial charge on any atom is 0.225 e. The maximum absolute atomic E-state index is 4.65. The van der Waals surface area contributed by atoms with E-state index < -0.39 is 0 Å². The lowest BCUT2D eigenvalue weighted by molar-refractivity contribution is 0.744. The molecule has 1 aliphatic rings. The summed E-state index contributed by atoms with van der Waals surface area (Å²) in [4.78, 5) is 13.4. The van der Waals surface area contributed by atoms with Crippen LogP contribution in [0.25, 0.3) is 11.3 Å². The van der Waals surface area contributed by atoms with Gasteiger partial charge in [0.15, 0.2) is 0 Å². The molecule has 2 aromatic rings. The molecule has 2 aromatic heterocycles. The van der Waals surface area contributed by atoms with Crippen molar-refractivity contribution in [3.63, 3.8) is 0 Å². The standard InChI is InChI=1S/C16H21N5/c1-2-18-15-10-14(12-6-5-9-17-11-12)20-16(21-15)19-13-7-3-4-8-13/h5-6,9-11,13H,2-4,7-8H2,1H3,(H2,18,19,20,21). The zero-order valence-electron chi connectivity index (χ0n) is 12.3. The highest BCUT2D eigenvalue weighted by Crippen LogP contribution is 2.24. The van der Waals surface area contributed by atoms with Crippen LogP contribution in [0.1, 0.15) is 32.6 Å². The Labute approximate surface area is 125 Å². The molecule has 0 aliphatic heterocycles. The van der Waals surface area contributed by atoms with E-state index in [2.05, 4.69) is 32.5 Å². The van der Waals surface area contributed by atoms with E-state index in [0.29, 0.717) is 12.0 Å². The van der Waals surface area contributed by atoms with Gasteiger partial charge in [0.1, 0.15) is 5.82 Å². The van der Waals surface area contributed by atoms with Gasteiger partial charge < -0.3 is 10.6 Å². The third-order valence-electron chi connectivity index (χ3n) is 3.73. The van der Waals surface area contributed by atoms with Crippen LogP contribution in [0.15, 0.2) is 30.6 Å². The van der Waals surface area contributed by atoms with Gasteiger partial charge in [-0.3, -0.25) is 4.98 Å². The van der Waals surface area contributed by atoms with Crippen molar-refractivity contribution in [2.45, 2.75) is 38.6 Å². The van der Waals surface area contributed by atoms with E-state index in [1.807, 2.05) is 24.4 Å². The summed E-state index contributed by atoms with van der Waals surface area (Å²) in [7, 11) is 0. The summed E-state index contributed by atoms with van der Waals surface area (Å²) in [5.74, 6) is 1.56. The summed E-state index contributed by atoms with van der Waals surface area (Å²) in [6.45, 7) is 2.91. The molecule has 0 unspecified atom stereocenters. The second-order valence-electron chi connectivity index (χ2n) is 5.36. The molecule has 0 spiro atoms. The van der Waals surface area contributed by atoms with Gasteiger partial charge in [0.05, 0.1) is 5.69 Å². The molecule has 0 bridgehead atoms. The lowest BCUT2D eigenvalue weighted by Gasteiger charge is -2.14. The largest absolute Gasteiger partial charge is 0.370 e. The van der Waals surface area contributed by atoms with Crippen molar-refractivity contribution in [3.05, 3.63) is 30.6 Å². The van der Waals surface area contributed by atoms with E-state index in [9.17, 15) is 0 Å². The fourth-order valence-corrected chi connectivity index (χ4v) is 2.70. The van der Waals surface area contributed by atoms with Gasteiger partial charge in [0.2, 0.25) is 5.95 Å². The average molecular weight is 283 g/mol. The van der Waals surface area contributed by atoms with Crippen molar-refractivity contribution in [2.75, 3.05) is 17.2 Å². The number of aromatic nitrogens is 3. The first kappa shape index (κ1) is 13.8. The maximum atomic E-state index is 4.65. The van der Waals surface area contributed by atoms with E-state index in [0.717, 1.165) is 23.6 Å². The minimum atomic E-state index is 0.503. The summed E-state index contributed by atoms with van der Waals surface area (Å²) in [5.41, 5.74) is 1.91. The van der Waals surface area contributed by atoms with E-state index in [-0.39, 0.29) is 0 Å². The Bertz CT molecular complexity index is 578. The van der Waals surface area contributed by atoms with Gasteiger partial charge in [0, 0.05) is 36.6 Å². The molecule has 2 heterocycles. The number of rotatable bonds is 5. The van der Waals surface area contributed by atoms with Crippen molar-refractivity contribution >= 4 is 11.8 Å². The highest BCUT2D eigenvalue weighted by atomic mass is 15.2. The van der Waals surface area contributed by atoms with Crippen molar-refractivity contribution < 1.29 is 0 Å². The first-order valence-corrected chi connectivity index (χ1v) is 7.65.